The molecule has 0 aliphatic heterocycles. The lowest BCUT2D eigenvalue weighted by molar-refractivity contribution is 1.38. The van der Waals surface area contributed by atoms with Gasteiger partial charge in [0.15, 0.2) is 0 Å². The first-order valence-corrected chi connectivity index (χ1v) is 5.82. The Morgan fingerprint density at radius 2 is 1.29 bits per heavy atom. The Kier molecular flexibility index (Phi) is 2.09. The number of benzene rings is 2. The maximum absolute atomic E-state index is 8.26. The summed E-state index contributed by atoms with van der Waals surface area (Å²) in [7, 11) is 3.52. The number of rotatable bonds is 0. The minimum Gasteiger partial charge on any atom is -0.300 e. The molecule has 0 amide bonds. The van der Waals surface area contributed by atoms with Gasteiger partial charge in [0.25, 0.3) is 0 Å². The summed E-state index contributed by atoms with van der Waals surface area (Å²) < 4.78 is 0. The summed E-state index contributed by atoms with van der Waals surface area (Å²) >= 11 is 0. The second-order valence-electron chi connectivity index (χ2n) is 4.02. The van der Waals surface area contributed by atoms with Gasteiger partial charge in [0.1, 0.15) is 0 Å². The smallest absolute Gasteiger partial charge is 0.0721 e. The fourth-order valence-electron chi connectivity index (χ4n) is 2.23. The Labute approximate surface area is 103 Å². The van der Waals surface area contributed by atoms with E-state index in [0.717, 1.165) is 27.4 Å². The van der Waals surface area contributed by atoms with Crippen LogP contribution in [0.15, 0.2) is 42.5 Å². The van der Waals surface area contributed by atoms with E-state index in [2.05, 4.69) is 10.2 Å². The third kappa shape index (κ3) is 1.32. The van der Waals surface area contributed by atoms with E-state index in [-0.39, 0.29) is 0 Å². The fourth-order valence-corrected chi connectivity index (χ4v) is 2.58. The summed E-state index contributed by atoms with van der Waals surface area (Å²) in [6.45, 7) is 0. The Hall–Kier alpha value is -2.00. The third-order valence-corrected chi connectivity index (χ3v) is 3.47. The van der Waals surface area contributed by atoms with Crippen LogP contribution >= 0.6 is 0 Å². The van der Waals surface area contributed by atoms with Crippen molar-refractivity contribution in [2.75, 3.05) is 0 Å². The molecule has 0 bridgehead atoms. The van der Waals surface area contributed by atoms with E-state index in [1.165, 1.54) is 0 Å². The van der Waals surface area contributed by atoms with Crippen LogP contribution in [0.3, 0.4) is 0 Å². The van der Waals surface area contributed by atoms with Gasteiger partial charge < -0.3 is 0 Å². The molecular formula is C14H9N2Si. The number of nitrogens with one attached hydrogen (secondary N) is 2. The van der Waals surface area contributed by atoms with Crippen LogP contribution in [0, 0.1) is 10.8 Å². The first-order chi connectivity index (χ1) is 8.20. The Balaban J connectivity index is 2.37. The quantitative estimate of drug-likeness (QED) is 0.554. The van der Waals surface area contributed by atoms with Crippen LogP contribution in [0.1, 0.15) is 22.3 Å². The summed E-state index contributed by atoms with van der Waals surface area (Å²) in [5, 5.41) is 17.3. The summed E-state index contributed by atoms with van der Waals surface area (Å²) in [4.78, 5) is 0. The fraction of sp³-hybridized carbons (Fsp3) is 0. The highest BCUT2D eigenvalue weighted by molar-refractivity contribution is 6.42. The zero-order valence-electron chi connectivity index (χ0n) is 9.04. The van der Waals surface area contributed by atoms with Gasteiger partial charge in [-0.2, -0.15) is 0 Å². The van der Waals surface area contributed by atoms with E-state index < -0.39 is 0 Å². The predicted molar refractivity (Wildman–Crippen MR) is 70.1 cm³/mol. The van der Waals surface area contributed by atoms with Crippen molar-refractivity contribution in [3.63, 3.8) is 0 Å². The van der Waals surface area contributed by atoms with Crippen LogP contribution in [0.5, 0.6) is 0 Å². The number of fused-ring (bicyclic) bond motifs is 2. The maximum atomic E-state index is 8.26. The molecule has 0 fully saturated rings. The van der Waals surface area contributed by atoms with E-state index in [1.54, 1.807) is 0 Å². The summed E-state index contributed by atoms with van der Waals surface area (Å²) in [5.74, 6) is 0. The van der Waals surface area contributed by atoms with Crippen molar-refractivity contribution in [1.82, 2.24) is 0 Å². The lowest BCUT2D eigenvalue weighted by Crippen LogP contribution is -2.27. The van der Waals surface area contributed by atoms with Crippen molar-refractivity contribution < 1.29 is 0 Å². The van der Waals surface area contributed by atoms with E-state index in [1.807, 2.05) is 42.5 Å². The minimum atomic E-state index is 0.484. The van der Waals surface area contributed by atoms with Gasteiger partial charge in [0.2, 0.25) is 0 Å². The zero-order chi connectivity index (χ0) is 12.0. The Morgan fingerprint density at radius 1 is 0.706 bits per heavy atom. The molecule has 0 spiro atoms. The highest BCUT2D eigenvalue weighted by atomic mass is 28.1. The second kappa shape index (κ2) is 3.50. The van der Waals surface area contributed by atoms with Gasteiger partial charge in [-0.3, -0.25) is 10.8 Å². The molecular weight excluding hydrogens is 224 g/mol. The highest BCUT2D eigenvalue weighted by Crippen LogP contribution is 2.25. The maximum Gasteiger partial charge on any atom is 0.0721 e. The summed E-state index contributed by atoms with van der Waals surface area (Å²) in [6.07, 6.45) is 0. The molecule has 3 radical (unpaired) electrons. The van der Waals surface area contributed by atoms with Crippen LogP contribution in [-0.4, -0.2) is 21.7 Å². The Bertz CT molecular complexity index is 659. The number of hydrogen-bond donors (Lipinski definition) is 2. The Morgan fingerprint density at radius 3 is 2.00 bits per heavy atom. The van der Waals surface area contributed by atoms with Gasteiger partial charge in [-0.15, -0.1) is 0 Å². The normalized spacial score (nSPS) is 13.2. The molecule has 3 heteroatoms. The largest absolute Gasteiger partial charge is 0.300 e. The molecule has 0 aromatic heterocycles. The van der Waals surface area contributed by atoms with Crippen LogP contribution in [-0.2, 0) is 0 Å². The first kappa shape index (κ1) is 10.2. The van der Waals surface area contributed by atoms with Crippen molar-refractivity contribution in [1.29, 1.82) is 10.8 Å². The molecule has 2 N–H and O–H groups in total. The average molecular weight is 233 g/mol. The lowest BCUT2D eigenvalue weighted by atomic mass is 9.83. The van der Waals surface area contributed by atoms with E-state index in [9.17, 15) is 0 Å². The van der Waals surface area contributed by atoms with Crippen molar-refractivity contribution in [3.8, 4) is 0 Å². The van der Waals surface area contributed by atoms with Crippen molar-refractivity contribution in [2.45, 2.75) is 0 Å². The molecule has 0 saturated carbocycles. The molecule has 2 aromatic rings. The topological polar surface area (TPSA) is 47.7 Å². The van der Waals surface area contributed by atoms with Gasteiger partial charge in [-0.05, 0) is 0 Å². The standard InChI is InChI=1S/C14H9N2Si/c15-13-8-4-1-2-5-9(8)14(16)12-10(13)6-3-7-11(12)17/h1-7,15-16H. The van der Waals surface area contributed by atoms with Gasteiger partial charge >= 0.3 is 0 Å². The molecule has 1 aliphatic carbocycles. The number of hydrogen-bond acceptors (Lipinski definition) is 2. The van der Waals surface area contributed by atoms with Gasteiger partial charge in [0, 0.05) is 22.3 Å². The van der Waals surface area contributed by atoms with Gasteiger partial charge in [0.05, 0.1) is 21.7 Å². The molecule has 2 nitrogen and oxygen atoms in total. The lowest BCUT2D eigenvalue weighted by Gasteiger charge is -2.22. The molecule has 79 valence electrons. The predicted octanol–water partition coefficient (Wildman–Crippen LogP) is 1.63. The van der Waals surface area contributed by atoms with Crippen LogP contribution in [0.2, 0.25) is 0 Å². The van der Waals surface area contributed by atoms with E-state index >= 15 is 0 Å². The third-order valence-electron chi connectivity index (χ3n) is 3.05. The summed E-state index contributed by atoms with van der Waals surface area (Å²) in [6, 6.07) is 13.3. The molecule has 17 heavy (non-hydrogen) atoms. The zero-order valence-corrected chi connectivity index (χ0v) is 10.0. The van der Waals surface area contributed by atoms with Crippen LogP contribution in [0.4, 0.5) is 0 Å². The van der Waals surface area contributed by atoms with Crippen molar-refractivity contribution in [2.24, 2.45) is 0 Å². The van der Waals surface area contributed by atoms with E-state index in [0.29, 0.717) is 11.4 Å². The molecule has 0 heterocycles. The van der Waals surface area contributed by atoms with E-state index in [4.69, 9.17) is 10.8 Å². The van der Waals surface area contributed by atoms with Crippen LogP contribution < -0.4 is 5.19 Å². The highest BCUT2D eigenvalue weighted by Gasteiger charge is 2.24. The second-order valence-corrected chi connectivity index (χ2v) is 4.56. The molecule has 0 unspecified atom stereocenters. The van der Waals surface area contributed by atoms with Gasteiger partial charge in [-0.25, -0.2) is 0 Å². The minimum absolute atomic E-state index is 0.484. The monoisotopic (exact) mass is 233 g/mol. The SMILES string of the molecule is N=C1c2ccccc2C(=N)c2c([Si])cccc21. The van der Waals surface area contributed by atoms with Crippen molar-refractivity contribution in [3.05, 3.63) is 64.7 Å². The molecule has 0 atom stereocenters. The van der Waals surface area contributed by atoms with Crippen LogP contribution in [0.25, 0.3) is 0 Å². The molecule has 0 saturated heterocycles. The molecule has 1 aliphatic rings. The summed E-state index contributed by atoms with van der Waals surface area (Å²) in [5.41, 5.74) is 4.27. The van der Waals surface area contributed by atoms with Gasteiger partial charge in [-0.1, -0.05) is 47.7 Å². The molecule has 3 rings (SSSR count). The first-order valence-electron chi connectivity index (χ1n) is 5.32. The molecule has 2 aromatic carbocycles. The average Bonchev–Trinajstić information content (AvgIpc) is 2.36. The van der Waals surface area contributed by atoms with Crippen molar-refractivity contribution >= 4 is 26.9 Å².